The Morgan fingerprint density at radius 1 is 0.654 bits per heavy atom. The highest BCUT2D eigenvalue weighted by Gasteiger charge is 2.23. The zero-order valence-electron chi connectivity index (χ0n) is 17.5. The lowest BCUT2D eigenvalue weighted by atomic mass is 9.92. The summed E-state index contributed by atoms with van der Waals surface area (Å²) in [6.07, 6.45) is 9.69. The van der Waals surface area contributed by atoms with Gasteiger partial charge in [0.1, 0.15) is 6.67 Å². The molecule has 0 aromatic rings. The monoisotopic (exact) mass is 362 g/mol. The second-order valence-electron chi connectivity index (χ2n) is 9.24. The van der Waals surface area contributed by atoms with Crippen LogP contribution in [0, 0.1) is 18.5 Å². The van der Waals surface area contributed by atoms with Gasteiger partial charge in [-0.25, -0.2) is 0 Å². The van der Waals surface area contributed by atoms with Gasteiger partial charge in [-0.05, 0) is 70.1 Å². The van der Waals surface area contributed by atoms with E-state index in [4.69, 9.17) is 0 Å². The Morgan fingerprint density at radius 2 is 1.19 bits per heavy atom. The van der Waals surface area contributed by atoms with Gasteiger partial charge in [0.05, 0.1) is 0 Å². The molecule has 0 aromatic heterocycles. The van der Waals surface area contributed by atoms with Crippen LogP contribution >= 0.6 is 0 Å². The molecule has 26 heavy (non-hydrogen) atoms. The highest BCUT2D eigenvalue weighted by molar-refractivity contribution is 4.81. The zero-order chi connectivity index (χ0) is 18.2. The van der Waals surface area contributed by atoms with E-state index >= 15 is 0 Å². The van der Waals surface area contributed by atoms with Crippen molar-refractivity contribution in [2.75, 3.05) is 65.4 Å². The first-order chi connectivity index (χ1) is 12.7. The van der Waals surface area contributed by atoms with Crippen LogP contribution in [-0.4, -0.2) is 85.0 Å². The Morgan fingerprint density at radius 3 is 1.77 bits per heavy atom. The summed E-state index contributed by atoms with van der Waals surface area (Å²) < 4.78 is 0. The van der Waals surface area contributed by atoms with E-state index in [-0.39, 0.29) is 0 Å². The van der Waals surface area contributed by atoms with Gasteiger partial charge in [0.25, 0.3) is 0 Å². The molecule has 0 aromatic carbocycles. The van der Waals surface area contributed by atoms with Crippen molar-refractivity contribution in [1.29, 1.82) is 0 Å². The van der Waals surface area contributed by atoms with Gasteiger partial charge in [-0.1, -0.05) is 26.7 Å². The molecule has 3 aliphatic rings. The Bertz CT molecular complexity index is 370. The molecule has 3 rings (SSSR count). The van der Waals surface area contributed by atoms with E-state index in [1.165, 1.54) is 110 Å². The molecule has 0 spiro atoms. The Kier molecular flexibility index (Phi) is 8.70. The molecule has 3 heterocycles. The molecule has 0 saturated carbocycles. The van der Waals surface area contributed by atoms with E-state index in [2.05, 4.69) is 40.1 Å². The van der Waals surface area contributed by atoms with Crippen LogP contribution in [0.1, 0.15) is 58.8 Å². The fourth-order valence-corrected chi connectivity index (χ4v) is 5.17. The Balaban J connectivity index is 1.23. The van der Waals surface area contributed by atoms with Crippen LogP contribution in [-0.2, 0) is 0 Å². The number of hydrogen-bond donors (Lipinski definition) is 0. The average Bonchev–Trinajstić information content (AvgIpc) is 2.87. The van der Waals surface area contributed by atoms with Crippen LogP contribution in [0.5, 0.6) is 0 Å². The van der Waals surface area contributed by atoms with Crippen molar-refractivity contribution < 1.29 is 0 Å². The van der Waals surface area contributed by atoms with Crippen molar-refractivity contribution in [3.63, 3.8) is 0 Å². The molecule has 2 atom stereocenters. The summed E-state index contributed by atoms with van der Waals surface area (Å²) in [6.45, 7) is 21.0. The van der Waals surface area contributed by atoms with Crippen molar-refractivity contribution >= 4 is 0 Å². The molecule has 4 nitrogen and oxygen atoms in total. The van der Waals surface area contributed by atoms with Crippen molar-refractivity contribution in [3.05, 3.63) is 6.67 Å². The predicted molar refractivity (Wildman–Crippen MR) is 110 cm³/mol. The first-order valence-electron chi connectivity index (χ1n) is 11.4. The van der Waals surface area contributed by atoms with Crippen LogP contribution in [0.2, 0.25) is 0 Å². The highest BCUT2D eigenvalue weighted by atomic mass is 15.4. The maximum Gasteiger partial charge on any atom is 0.146 e. The van der Waals surface area contributed by atoms with Gasteiger partial charge in [-0.15, -0.1) is 0 Å². The summed E-state index contributed by atoms with van der Waals surface area (Å²) in [6, 6.07) is 0. The van der Waals surface area contributed by atoms with Crippen molar-refractivity contribution in [2.24, 2.45) is 11.8 Å². The molecule has 0 bridgehead atoms. The van der Waals surface area contributed by atoms with Crippen molar-refractivity contribution in [2.45, 2.75) is 58.8 Å². The van der Waals surface area contributed by atoms with Crippen LogP contribution in [0.25, 0.3) is 0 Å². The number of likely N-dealkylation sites (tertiary alicyclic amines) is 2. The topological polar surface area (TPSA) is 13.0 Å². The molecule has 150 valence electrons. The fraction of sp³-hybridized carbons (Fsp3) is 0.955. The van der Waals surface area contributed by atoms with Gasteiger partial charge in [0.15, 0.2) is 0 Å². The second-order valence-corrected chi connectivity index (χ2v) is 9.24. The Labute approximate surface area is 162 Å². The summed E-state index contributed by atoms with van der Waals surface area (Å²) in [5.41, 5.74) is 0. The standard InChI is InChI=1S/C22H42N4/c1-21-17-22(2)19-26(18-21)14-8-13-25-16-15-24(20-25)12-7-11-23-9-5-3-4-6-10-23/h21-22H,3-19H2,1-2H3. The third-order valence-corrected chi connectivity index (χ3v) is 6.37. The van der Waals surface area contributed by atoms with Gasteiger partial charge in [-0.3, -0.25) is 9.80 Å². The van der Waals surface area contributed by atoms with Gasteiger partial charge in [0.2, 0.25) is 0 Å². The number of rotatable bonds is 8. The minimum atomic E-state index is 0.878. The maximum absolute atomic E-state index is 3.63. The summed E-state index contributed by atoms with van der Waals surface area (Å²) in [5.74, 6) is 1.76. The summed E-state index contributed by atoms with van der Waals surface area (Å²) in [5, 5.41) is 0. The molecular weight excluding hydrogens is 320 g/mol. The van der Waals surface area contributed by atoms with Gasteiger partial charge in [0, 0.05) is 39.3 Å². The van der Waals surface area contributed by atoms with Gasteiger partial charge in [-0.2, -0.15) is 0 Å². The fourth-order valence-electron chi connectivity index (χ4n) is 5.17. The largest absolute Gasteiger partial charge is 0.303 e. The van der Waals surface area contributed by atoms with E-state index in [0.717, 1.165) is 11.8 Å². The van der Waals surface area contributed by atoms with E-state index in [1.54, 1.807) is 0 Å². The van der Waals surface area contributed by atoms with E-state index < -0.39 is 0 Å². The molecule has 3 aliphatic heterocycles. The van der Waals surface area contributed by atoms with Crippen molar-refractivity contribution in [1.82, 2.24) is 19.6 Å². The normalized spacial score (nSPS) is 30.7. The molecule has 0 N–H and O–H groups in total. The second kappa shape index (κ2) is 11.0. The average molecular weight is 363 g/mol. The molecule has 2 unspecified atom stereocenters. The molecule has 2 radical (unpaired) electrons. The van der Waals surface area contributed by atoms with Crippen LogP contribution in [0.15, 0.2) is 0 Å². The highest BCUT2D eigenvalue weighted by Crippen LogP contribution is 2.21. The van der Waals surface area contributed by atoms with Crippen LogP contribution < -0.4 is 0 Å². The third-order valence-electron chi connectivity index (χ3n) is 6.37. The minimum absolute atomic E-state index is 0.878. The van der Waals surface area contributed by atoms with Gasteiger partial charge >= 0.3 is 0 Å². The smallest absolute Gasteiger partial charge is 0.146 e. The van der Waals surface area contributed by atoms with Crippen molar-refractivity contribution in [3.8, 4) is 0 Å². The zero-order valence-corrected chi connectivity index (χ0v) is 17.5. The lowest BCUT2D eigenvalue weighted by Gasteiger charge is -2.35. The molecule has 0 amide bonds. The maximum atomic E-state index is 3.63. The van der Waals surface area contributed by atoms with Crippen LogP contribution in [0.3, 0.4) is 0 Å². The molecule has 3 fully saturated rings. The summed E-state index contributed by atoms with van der Waals surface area (Å²) in [7, 11) is 0. The molecular formula is C22H42N4. The van der Waals surface area contributed by atoms with E-state index in [0.29, 0.717) is 0 Å². The third kappa shape index (κ3) is 7.10. The number of hydrogen-bond acceptors (Lipinski definition) is 4. The predicted octanol–water partition coefficient (Wildman–Crippen LogP) is 3.23. The SMILES string of the molecule is CC1CC(C)CN(CCCN2[C]N(CCCN3CCCCCC3)CC2)C1. The first-order valence-corrected chi connectivity index (χ1v) is 11.4. The van der Waals surface area contributed by atoms with Crippen LogP contribution in [0.4, 0.5) is 0 Å². The first kappa shape index (κ1) is 20.6. The number of piperidine rings is 1. The molecule has 3 saturated heterocycles. The lowest BCUT2D eigenvalue weighted by Crippen LogP contribution is -2.40. The minimum Gasteiger partial charge on any atom is -0.303 e. The molecule has 0 aliphatic carbocycles. The lowest BCUT2D eigenvalue weighted by molar-refractivity contribution is 0.135. The van der Waals surface area contributed by atoms with Gasteiger partial charge < -0.3 is 9.80 Å². The Hall–Kier alpha value is -0.160. The number of nitrogens with zero attached hydrogens (tertiary/aromatic N) is 4. The molecule has 4 heteroatoms. The summed E-state index contributed by atoms with van der Waals surface area (Å²) >= 11 is 0. The summed E-state index contributed by atoms with van der Waals surface area (Å²) in [4.78, 5) is 10.2. The van der Waals surface area contributed by atoms with E-state index in [1.807, 2.05) is 0 Å². The van der Waals surface area contributed by atoms with E-state index in [9.17, 15) is 0 Å². The quantitative estimate of drug-likeness (QED) is 0.657.